The molecule has 5 nitrogen and oxygen atoms in total. The van der Waals surface area contributed by atoms with Crippen LogP contribution < -0.4 is 0 Å². The summed E-state index contributed by atoms with van der Waals surface area (Å²) >= 11 is 0. The molecular formula is C18H21NO4. The first kappa shape index (κ1) is 15.7. The Bertz CT molecular complexity index is 613. The summed E-state index contributed by atoms with van der Waals surface area (Å²) in [7, 11) is 0. The summed E-state index contributed by atoms with van der Waals surface area (Å²) in [5.41, 5.74) is 0.591. The third-order valence-corrected chi connectivity index (χ3v) is 5.13. The molecule has 2 aliphatic rings. The molecule has 1 aliphatic heterocycles. The number of hydrogen-bond acceptors (Lipinski definition) is 3. The Labute approximate surface area is 135 Å². The van der Waals surface area contributed by atoms with Gasteiger partial charge in [0.2, 0.25) is 5.91 Å². The van der Waals surface area contributed by atoms with Crippen molar-refractivity contribution in [1.29, 1.82) is 0 Å². The highest BCUT2D eigenvalue weighted by Gasteiger charge is 2.49. The maximum Gasteiger partial charge on any atom is 0.326 e. The van der Waals surface area contributed by atoms with E-state index < -0.39 is 12.0 Å². The van der Waals surface area contributed by atoms with Gasteiger partial charge in [0.1, 0.15) is 6.04 Å². The van der Waals surface area contributed by atoms with Gasteiger partial charge in [-0.3, -0.25) is 9.59 Å². The van der Waals surface area contributed by atoms with Crippen molar-refractivity contribution in [3.05, 3.63) is 35.9 Å². The summed E-state index contributed by atoms with van der Waals surface area (Å²) in [6.07, 6.45) is 3.14. The van der Waals surface area contributed by atoms with Crippen LogP contribution in [0.4, 0.5) is 0 Å². The number of benzene rings is 1. The molecule has 1 N–H and O–H groups in total. The van der Waals surface area contributed by atoms with Crippen LogP contribution in [0.3, 0.4) is 0 Å². The Morgan fingerprint density at radius 2 is 1.83 bits per heavy atom. The number of aliphatic carboxylic acids is 1. The number of fused-ring (bicyclic) bond motifs is 1. The minimum absolute atomic E-state index is 0.0785. The molecule has 1 aromatic carbocycles. The normalized spacial score (nSPS) is 26.1. The Hall–Kier alpha value is -2.17. The van der Waals surface area contributed by atoms with Crippen LogP contribution >= 0.6 is 0 Å². The van der Waals surface area contributed by atoms with Gasteiger partial charge in [0.25, 0.3) is 0 Å². The number of ketones is 1. The van der Waals surface area contributed by atoms with Crippen LogP contribution in [0.2, 0.25) is 0 Å². The van der Waals surface area contributed by atoms with E-state index in [2.05, 4.69) is 0 Å². The van der Waals surface area contributed by atoms with E-state index in [0.717, 1.165) is 19.3 Å². The number of Topliss-reactive ketones (excluding diaryl/α,β-unsaturated/α-hetero) is 1. The van der Waals surface area contributed by atoms with Crippen molar-refractivity contribution in [3.63, 3.8) is 0 Å². The van der Waals surface area contributed by atoms with Gasteiger partial charge in [-0.15, -0.1) is 0 Å². The van der Waals surface area contributed by atoms with Gasteiger partial charge in [0, 0.05) is 24.9 Å². The number of carbonyl (C=O) groups excluding carboxylic acids is 2. The molecule has 0 aromatic heterocycles. The van der Waals surface area contributed by atoms with Gasteiger partial charge in [-0.2, -0.15) is 0 Å². The molecule has 122 valence electrons. The number of nitrogens with zero attached hydrogens (tertiary/aromatic N) is 1. The molecular weight excluding hydrogens is 294 g/mol. The third-order valence-electron chi connectivity index (χ3n) is 5.13. The fourth-order valence-electron chi connectivity index (χ4n) is 4.01. The summed E-state index contributed by atoms with van der Waals surface area (Å²) in [6, 6.07) is 8.17. The number of hydrogen-bond donors (Lipinski definition) is 1. The highest BCUT2D eigenvalue weighted by molar-refractivity contribution is 5.98. The minimum Gasteiger partial charge on any atom is -0.480 e. The van der Waals surface area contributed by atoms with Crippen LogP contribution in [0.15, 0.2) is 30.3 Å². The Balaban J connectivity index is 1.62. The highest BCUT2D eigenvalue weighted by atomic mass is 16.4. The summed E-state index contributed by atoms with van der Waals surface area (Å²) in [5, 5.41) is 9.47. The van der Waals surface area contributed by atoms with Crippen LogP contribution in [0, 0.1) is 11.8 Å². The van der Waals surface area contributed by atoms with Crippen molar-refractivity contribution in [3.8, 4) is 0 Å². The molecule has 3 unspecified atom stereocenters. The van der Waals surface area contributed by atoms with Crippen LogP contribution in [0.25, 0.3) is 0 Å². The van der Waals surface area contributed by atoms with Crippen LogP contribution in [-0.4, -0.2) is 40.3 Å². The average Bonchev–Trinajstić information content (AvgIpc) is 3.13. The van der Waals surface area contributed by atoms with Crippen LogP contribution in [-0.2, 0) is 9.59 Å². The van der Waals surface area contributed by atoms with Crippen molar-refractivity contribution >= 4 is 17.7 Å². The van der Waals surface area contributed by atoms with Gasteiger partial charge in [-0.05, 0) is 24.7 Å². The average molecular weight is 315 g/mol. The first-order valence-corrected chi connectivity index (χ1v) is 8.18. The maximum absolute atomic E-state index is 12.4. The second-order valence-electron chi connectivity index (χ2n) is 6.47. The summed E-state index contributed by atoms with van der Waals surface area (Å²) < 4.78 is 0. The van der Waals surface area contributed by atoms with Gasteiger partial charge >= 0.3 is 5.97 Å². The fourth-order valence-corrected chi connectivity index (χ4v) is 4.01. The Kier molecular flexibility index (Phi) is 4.46. The molecule has 1 aliphatic carbocycles. The lowest BCUT2D eigenvalue weighted by Crippen LogP contribution is -2.43. The van der Waals surface area contributed by atoms with Gasteiger partial charge < -0.3 is 10.0 Å². The molecule has 2 fully saturated rings. The molecule has 23 heavy (non-hydrogen) atoms. The van der Waals surface area contributed by atoms with E-state index in [-0.39, 0.29) is 30.4 Å². The predicted molar refractivity (Wildman–Crippen MR) is 84.0 cm³/mol. The second kappa shape index (κ2) is 6.52. The highest BCUT2D eigenvalue weighted by Crippen LogP contribution is 2.42. The SMILES string of the molecule is O=C(CCC(=O)N1CC2CCCC2C1C(=O)O)c1ccccc1. The molecule has 3 atom stereocenters. The van der Waals surface area contributed by atoms with Crippen molar-refractivity contribution in [2.75, 3.05) is 6.54 Å². The van der Waals surface area contributed by atoms with E-state index in [9.17, 15) is 19.5 Å². The summed E-state index contributed by atoms with van der Waals surface area (Å²) in [5.74, 6) is -0.811. The summed E-state index contributed by atoms with van der Waals surface area (Å²) in [4.78, 5) is 37.6. The number of amides is 1. The second-order valence-corrected chi connectivity index (χ2v) is 6.47. The molecule has 1 saturated carbocycles. The standard InChI is InChI=1S/C18H21NO4/c20-15(12-5-2-1-3-6-12)9-10-16(21)19-11-13-7-4-8-14(13)17(19)18(22)23/h1-3,5-6,13-14,17H,4,7-11H2,(H,22,23). The topological polar surface area (TPSA) is 74.7 Å². The van der Waals surface area contributed by atoms with Gasteiger partial charge in [0.15, 0.2) is 5.78 Å². The quantitative estimate of drug-likeness (QED) is 0.846. The van der Waals surface area contributed by atoms with Gasteiger partial charge in [0.05, 0.1) is 0 Å². The van der Waals surface area contributed by atoms with E-state index in [0.29, 0.717) is 18.0 Å². The number of likely N-dealkylation sites (tertiary alicyclic amines) is 1. The number of carboxylic acids is 1. The van der Waals surface area contributed by atoms with Crippen molar-refractivity contribution in [2.24, 2.45) is 11.8 Å². The number of carbonyl (C=O) groups is 3. The van der Waals surface area contributed by atoms with Crippen molar-refractivity contribution < 1.29 is 19.5 Å². The molecule has 0 radical (unpaired) electrons. The fraction of sp³-hybridized carbons (Fsp3) is 0.500. The molecule has 1 heterocycles. The van der Waals surface area contributed by atoms with Gasteiger partial charge in [-0.25, -0.2) is 4.79 Å². The maximum atomic E-state index is 12.4. The van der Waals surface area contributed by atoms with E-state index in [1.807, 2.05) is 6.07 Å². The predicted octanol–water partition coefficient (Wildman–Crippen LogP) is 2.36. The molecule has 1 saturated heterocycles. The zero-order valence-electron chi connectivity index (χ0n) is 13.0. The zero-order valence-corrected chi connectivity index (χ0v) is 13.0. The van der Waals surface area contributed by atoms with Crippen molar-refractivity contribution in [2.45, 2.75) is 38.1 Å². The number of rotatable bonds is 5. The lowest BCUT2D eigenvalue weighted by atomic mass is 9.94. The lowest BCUT2D eigenvalue weighted by Gasteiger charge is -2.24. The van der Waals surface area contributed by atoms with E-state index in [1.165, 1.54) is 4.90 Å². The van der Waals surface area contributed by atoms with Crippen LogP contribution in [0.5, 0.6) is 0 Å². The van der Waals surface area contributed by atoms with E-state index in [4.69, 9.17) is 0 Å². The van der Waals surface area contributed by atoms with E-state index >= 15 is 0 Å². The monoisotopic (exact) mass is 315 g/mol. The van der Waals surface area contributed by atoms with E-state index in [1.54, 1.807) is 24.3 Å². The number of carboxylic acid groups (broad SMARTS) is 1. The molecule has 5 heteroatoms. The molecule has 1 aromatic rings. The first-order valence-electron chi connectivity index (χ1n) is 8.18. The summed E-state index contributed by atoms with van der Waals surface area (Å²) in [6.45, 7) is 0.528. The first-order chi connectivity index (χ1) is 11.1. The molecule has 3 rings (SSSR count). The van der Waals surface area contributed by atoms with Crippen LogP contribution in [0.1, 0.15) is 42.5 Å². The molecule has 1 amide bonds. The zero-order chi connectivity index (χ0) is 16.4. The lowest BCUT2D eigenvalue weighted by molar-refractivity contribution is -0.149. The molecule has 0 spiro atoms. The smallest absolute Gasteiger partial charge is 0.326 e. The molecule has 0 bridgehead atoms. The Morgan fingerprint density at radius 3 is 2.52 bits per heavy atom. The van der Waals surface area contributed by atoms with Gasteiger partial charge in [-0.1, -0.05) is 36.8 Å². The van der Waals surface area contributed by atoms with Crippen molar-refractivity contribution in [1.82, 2.24) is 4.90 Å². The Morgan fingerprint density at radius 1 is 1.09 bits per heavy atom. The largest absolute Gasteiger partial charge is 0.480 e. The minimum atomic E-state index is -0.915. The third kappa shape index (κ3) is 3.14.